The molecule has 3 heterocycles. The summed E-state index contributed by atoms with van der Waals surface area (Å²) < 4.78 is 40.1. The zero-order valence-electron chi connectivity index (χ0n) is 19.3. The number of carboxylic acids is 1. The molecule has 36 heavy (non-hydrogen) atoms. The molecule has 0 spiro atoms. The van der Waals surface area contributed by atoms with Crippen molar-refractivity contribution in [3.05, 3.63) is 40.0 Å². The van der Waals surface area contributed by atoms with Gasteiger partial charge in [-0.05, 0) is 42.8 Å². The van der Waals surface area contributed by atoms with Gasteiger partial charge < -0.3 is 20.1 Å². The van der Waals surface area contributed by atoms with Crippen molar-refractivity contribution in [2.45, 2.75) is 19.6 Å². The first kappa shape index (κ1) is 26.8. The topological polar surface area (TPSA) is 115 Å². The first-order valence-electron chi connectivity index (χ1n) is 10.6. The fourth-order valence-corrected chi connectivity index (χ4v) is 3.64. The quantitative estimate of drug-likeness (QED) is 0.393. The Bertz CT molecular complexity index is 1350. The van der Waals surface area contributed by atoms with Crippen molar-refractivity contribution in [3.63, 3.8) is 0 Å². The smallest absolute Gasteiger partial charge is 0.490 e. The Labute approximate surface area is 208 Å². The second kappa shape index (κ2) is 11.3. The summed E-state index contributed by atoms with van der Waals surface area (Å²) >= 11 is 6.28. The molecule has 10 nitrogen and oxygen atoms in total. The van der Waals surface area contributed by atoms with Crippen molar-refractivity contribution >= 4 is 34.6 Å². The maximum atomic E-state index is 13.4. The lowest BCUT2D eigenvalue weighted by Crippen LogP contribution is -2.44. The lowest BCUT2D eigenvalue weighted by Gasteiger charge is -2.28. The van der Waals surface area contributed by atoms with Crippen LogP contribution in [0.1, 0.15) is 6.92 Å². The third-order valence-electron chi connectivity index (χ3n) is 5.13. The van der Waals surface area contributed by atoms with Crippen LogP contribution in [-0.2, 0) is 11.3 Å². The summed E-state index contributed by atoms with van der Waals surface area (Å²) in [4.78, 5) is 33.3. The molecule has 0 bridgehead atoms. The van der Waals surface area contributed by atoms with Crippen LogP contribution < -0.4 is 20.6 Å². The van der Waals surface area contributed by atoms with E-state index in [0.717, 1.165) is 26.2 Å². The zero-order valence-corrected chi connectivity index (χ0v) is 20.0. The van der Waals surface area contributed by atoms with Gasteiger partial charge in [-0.2, -0.15) is 23.1 Å². The van der Waals surface area contributed by atoms with E-state index in [2.05, 4.69) is 32.0 Å². The Kier molecular flexibility index (Phi) is 8.44. The fraction of sp³-hybridized carbons (Fsp3) is 0.364. The van der Waals surface area contributed by atoms with Gasteiger partial charge in [0.15, 0.2) is 11.5 Å². The SMILES string of the molecule is CC#CCn1c(=O)n(-c2ccc(OC)cc2)c2nc(Cl)nc(N3CCNCC3)c21.O=C(O)C(F)(F)F. The largest absolute Gasteiger partial charge is 0.497 e. The number of fused-ring (bicyclic) bond motifs is 1. The number of ether oxygens (including phenoxy) is 1. The Hall–Kier alpha value is -3.76. The van der Waals surface area contributed by atoms with Gasteiger partial charge >= 0.3 is 17.8 Å². The molecule has 0 atom stereocenters. The standard InChI is InChI=1S/C20H21ClN6O2.C2HF3O2/c1-3-4-11-26-16-17(25-12-9-22-10-13-25)23-19(21)24-18(16)27(20(26)28)14-5-7-15(29-2)8-6-14;3-2(4,5)1(6)7/h5-8,22H,9-13H2,1-2H3;(H,6,7). The molecule has 3 aromatic rings. The predicted octanol–water partition coefficient (Wildman–Crippen LogP) is 2.31. The number of rotatable bonds is 4. The van der Waals surface area contributed by atoms with Crippen LogP contribution in [0.2, 0.25) is 5.28 Å². The highest BCUT2D eigenvalue weighted by Gasteiger charge is 2.38. The van der Waals surface area contributed by atoms with E-state index >= 15 is 0 Å². The highest BCUT2D eigenvalue weighted by atomic mass is 35.5. The molecule has 0 radical (unpaired) electrons. The van der Waals surface area contributed by atoms with Crippen LogP contribution in [0.5, 0.6) is 5.75 Å². The van der Waals surface area contributed by atoms with Crippen LogP contribution in [0.4, 0.5) is 19.0 Å². The summed E-state index contributed by atoms with van der Waals surface area (Å²) in [5.41, 5.74) is 1.54. The lowest BCUT2D eigenvalue weighted by molar-refractivity contribution is -0.192. The van der Waals surface area contributed by atoms with Crippen molar-refractivity contribution in [1.82, 2.24) is 24.4 Å². The van der Waals surface area contributed by atoms with Gasteiger partial charge in [0, 0.05) is 26.2 Å². The molecular formula is C22H22ClF3N6O4. The van der Waals surface area contributed by atoms with Crippen LogP contribution in [0, 0.1) is 11.8 Å². The molecule has 2 N–H and O–H groups in total. The average molecular weight is 527 g/mol. The van der Waals surface area contributed by atoms with E-state index in [1.54, 1.807) is 35.3 Å². The van der Waals surface area contributed by atoms with Gasteiger partial charge in [-0.15, -0.1) is 5.92 Å². The molecule has 14 heteroatoms. The van der Waals surface area contributed by atoms with Crippen LogP contribution in [0.15, 0.2) is 29.1 Å². The number of aromatic nitrogens is 4. The maximum absolute atomic E-state index is 13.4. The number of nitrogens with one attached hydrogen (secondary N) is 1. The number of hydrogen-bond acceptors (Lipinski definition) is 7. The molecule has 1 fully saturated rings. The summed E-state index contributed by atoms with van der Waals surface area (Å²) in [6.07, 6.45) is -5.08. The van der Waals surface area contributed by atoms with Crippen LogP contribution in [0.3, 0.4) is 0 Å². The van der Waals surface area contributed by atoms with Crippen LogP contribution in [0.25, 0.3) is 16.9 Å². The molecule has 1 aliphatic rings. The molecule has 0 unspecified atom stereocenters. The van der Waals surface area contributed by atoms with Gasteiger partial charge in [-0.3, -0.25) is 4.57 Å². The lowest BCUT2D eigenvalue weighted by atomic mass is 10.3. The summed E-state index contributed by atoms with van der Waals surface area (Å²) in [5, 5.41) is 10.6. The number of nitrogens with zero attached hydrogens (tertiary/aromatic N) is 5. The Morgan fingerprint density at radius 1 is 1.22 bits per heavy atom. The minimum absolute atomic E-state index is 0.104. The van der Waals surface area contributed by atoms with Gasteiger partial charge in [-0.25, -0.2) is 14.2 Å². The predicted molar refractivity (Wildman–Crippen MR) is 127 cm³/mol. The van der Waals surface area contributed by atoms with E-state index in [9.17, 15) is 18.0 Å². The van der Waals surface area contributed by atoms with Crippen LogP contribution >= 0.6 is 11.6 Å². The molecule has 0 saturated carbocycles. The second-order valence-electron chi connectivity index (χ2n) is 7.36. The van der Waals surface area contributed by atoms with E-state index in [1.807, 2.05) is 12.1 Å². The van der Waals surface area contributed by atoms with E-state index < -0.39 is 12.1 Å². The number of halogens is 4. The monoisotopic (exact) mass is 526 g/mol. The number of methoxy groups -OCH3 is 1. The molecule has 4 rings (SSSR count). The van der Waals surface area contributed by atoms with Gasteiger partial charge in [-0.1, -0.05) is 5.92 Å². The number of hydrogen-bond donors (Lipinski definition) is 2. The Morgan fingerprint density at radius 3 is 2.36 bits per heavy atom. The third kappa shape index (κ3) is 5.89. The van der Waals surface area contributed by atoms with Crippen molar-refractivity contribution in [1.29, 1.82) is 0 Å². The summed E-state index contributed by atoms with van der Waals surface area (Å²) in [5.74, 6) is 4.45. The third-order valence-corrected chi connectivity index (χ3v) is 5.30. The minimum atomic E-state index is -5.08. The highest BCUT2D eigenvalue weighted by molar-refractivity contribution is 6.28. The number of imidazole rings is 1. The number of benzene rings is 1. The fourth-order valence-electron chi connectivity index (χ4n) is 3.48. The normalized spacial score (nSPS) is 13.4. The molecule has 1 aliphatic heterocycles. The van der Waals surface area contributed by atoms with Crippen molar-refractivity contribution in [3.8, 4) is 23.3 Å². The Balaban J connectivity index is 0.000000454. The number of carboxylic acid groups (broad SMARTS) is 1. The number of anilines is 1. The molecule has 192 valence electrons. The summed E-state index contributed by atoms with van der Waals surface area (Å²) in [6.45, 7) is 5.20. The molecule has 2 aromatic heterocycles. The summed E-state index contributed by atoms with van der Waals surface area (Å²) in [6, 6.07) is 7.24. The minimum Gasteiger partial charge on any atom is -0.497 e. The van der Waals surface area contributed by atoms with E-state index in [1.165, 1.54) is 0 Å². The van der Waals surface area contributed by atoms with Crippen molar-refractivity contribution in [2.24, 2.45) is 0 Å². The molecule has 0 aliphatic carbocycles. The zero-order chi connectivity index (χ0) is 26.5. The van der Waals surface area contributed by atoms with Crippen molar-refractivity contribution < 1.29 is 27.8 Å². The van der Waals surface area contributed by atoms with E-state index in [-0.39, 0.29) is 17.5 Å². The number of alkyl halides is 3. The van der Waals surface area contributed by atoms with Crippen LogP contribution in [-0.4, -0.2) is 69.6 Å². The van der Waals surface area contributed by atoms with Crippen molar-refractivity contribution in [2.75, 3.05) is 38.2 Å². The highest BCUT2D eigenvalue weighted by Crippen LogP contribution is 2.27. The maximum Gasteiger partial charge on any atom is 0.490 e. The first-order chi connectivity index (χ1) is 17.1. The van der Waals surface area contributed by atoms with Gasteiger partial charge in [0.25, 0.3) is 0 Å². The van der Waals surface area contributed by atoms with E-state index in [4.69, 9.17) is 26.2 Å². The number of piperazine rings is 1. The average Bonchev–Trinajstić information content (AvgIpc) is 3.13. The molecule has 1 aromatic carbocycles. The molecule has 1 saturated heterocycles. The number of carbonyl (C=O) groups is 1. The Morgan fingerprint density at radius 2 is 1.83 bits per heavy atom. The van der Waals surface area contributed by atoms with Gasteiger partial charge in [0.05, 0.1) is 19.3 Å². The summed E-state index contributed by atoms with van der Waals surface area (Å²) in [7, 11) is 1.60. The van der Waals surface area contributed by atoms with Gasteiger partial charge in [0.2, 0.25) is 5.28 Å². The van der Waals surface area contributed by atoms with Gasteiger partial charge in [0.1, 0.15) is 11.3 Å². The van der Waals surface area contributed by atoms with E-state index in [0.29, 0.717) is 28.4 Å². The first-order valence-corrected chi connectivity index (χ1v) is 10.9. The number of aliphatic carboxylic acids is 1. The molecule has 0 amide bonds. The molecular weight excluding hydrogens is 505 g/mol. The second-order valence-corrected chi connectivity index (χ2v) is 7.70.